The number of hydrogen-bond acceptors (Lipinski definition) is 4. The van der Waals surface area contributed by atoms with Crippen molar-refractivity contribution in [2.45, 2.75) is 12.8 Å². The van der Waals surface area contributed by atoms with E-state index in [4.69, 9.17) is 15.2 Å². The third kappa shape index (κ3) is 6.10. The summed E-state index contributed by atoms with van der Waals surface area (Å²) in [5.74, 6) is 0.642. The number of carbonyl (C=O) groups excluding carboxylic acids is 2. The number of methoxy groups -OCH3 is 1. The van der Waals surface area contributed by atoms with Gasteiger partial charge in [-0.1, -0.05) is 42.5 Å². The predicted octanol–water partition coefficient (Wildman–Crippen LogP) is 3.33. The minimum Gasteiger partial charge on any atom is -0.496 e. The highest BCUT2D eigenvalue weighted by Crippen LogP contribution is 2.25. The number of carbonyl (C=O) groups is 2. The fourth-order valence-corrected chi connectivity index (χ4v) is 3.06. The van der Waals surface area contributed by atoms with Gasteiger partial charge in [-0.05, 0) is 41.5 Å². The Bertz CT molecular complexity index is 1000. The van der Waals surface area contributed by atoms with Crippen molar-refractivity contribution in [2.75, 3.05) is 19.0 Å². The predicted molar refractivity (Wildman–Crippen MR) is 116 cm³/mol. The van der Waals surface area contributed by atoms with E-state index in [0.29, 0.717) is 17.9 Å². The molecule has 3 rings (SSSR count). The van der Waals surface area contributed by atoms with E-state index in [0.717, 1.165) is 22.4 Å². The highest BCUT2D eigenvalue weighted by Gasteiger charge is 2.09. The summed E-state index contributed by atoms with van der Waals surface area (Å²) in [6.07, 6.45) is 0.866. The number of nitrogens with two attached hydrogens (primary N) is 1. The van der Waals surface area contributed by atoms with Crippen LogP contribution in [0.3, 0.4) is 0 Å². The van der Waals surface area contributed by atoms with E-state index in [1.807, 2.05) is 42.5 Å². The summed E-state index contributed by atoms with van der Waals surface area (Å²) in [6, 6.07) is 22.5. The normalized spacial score (nSPS) is 10.3. The molecular weight excluding hydrogens is 380 g/mol. The topological polar surface area (TPSA) is 90.7 Å². The monoisotopic (exact) mass is 404 g/mol. The van der Waals surface area contributed by atoms with Gasteiger partial charge in [-0.2, -0.15) is 0 Å². The molecule has 0 aliphatic rings. The molecule has 6 nitrogen and oxygen atoms in total. The first-order valence-electron chi connectivity index (χ1n) is 9.54. The first kappa shape index (κ1) is 20.9. The van der Waals surface area contributed by atoms with Gasteiger partial charge >= 0.3 is 0 Å². The molecule has 6 heteroatoms. The minimum atomic E-state index is -0.394. The van der Waals surface area contributed by atoms with Gasteiger partial charge in [0, 0.05) is 17.7 Å². The largest absolute Gasteiger partial charge is 0.496 e. The number of amides is 2. The molecule has 3 aromatic carbocycles. The van der Waals surface area contributed by atoms with E-state index in [9.17, 15) is 9.59 Å². The quantitative estimate of drug-likeness (QED) is 0.572. The summed E-state index contributed by atoms with van der Waals surface area (Å²) in [4.78, 5) is 23.2. The molecule has 3 N–H and O–H groups in total. The van der Waals surface area contributed by atoms with Gasteiger partial charge in [0.1, 0.15) is 11.5 Å². The van der Waals surface area contributed by atoms with E-state index in [1.165, 1.54) is 0 Å². The molecule has 0 spiro atoms. The van der Waals surface area contributed by atoms with Crippen LogP contribution in [-0.4, -0.2) is 25.5 Å². The van der Waals surface area contributed by atoms with Crippen LogP contribution in [0, 0.1) is 0 Å². The molecule has 0 aliphatic heterocycles. The average Bonchev–Trinajstić information content (AvgIpc) is 2.74. The molecule has 30 heavy (non-hydrogen) atoms. The molecule has 0 bridgehead atoms. The zero-order chi connectivity index (χ0) is 21.3. The Kier molecular flexibility index (Phi) is 7.05. The molecule has 0 radical (unpaired) electrons. The number of rotatable bonds is 9. The van der Waals surface area contributed by atoms with E-state index < -0.39 is 5.91 Å². The summed E-state index contributed by atoms with van der Waals surface area (Å²) in [7, 11) is 1.63. The van der Waals surface area contributed by atoms with Crippen LogP contribution < -0.4 is 20.5 Å². The van der Waals surface area contributed by atoms with E-state index in [1.54, 1.807) is 37.4 Å². The van der Waals surface area contributed by atoms with Gasteiger partial charge in [-0.15, -0.1) is 0 Å². The SMILES string of the molecule is COc1ccc(NC(=O)COc2ccc(CC(N)=O)cc2)cc1Cc1ccccc1. The van der Waals surface area contributed by atoms with Gasteiger partial charge in [0.15, 0.2) is 6.61 Å². The maximum Gasteiger partial charge on any atom is 0.262 e. The van der Waals surface area contributed by atoms with Gasteiger partial charge in [0.05, 0.1) is 13.5 Å². The van der Waals surface area contributed by atoms with Gasteiger partial charge < -0.3 is 20.5 Å². The lowest BCUT2D eigenvalue weighted by Crippen LogP contribution is -2.20. The summed E-state index contributed by atoms with van der Waals surface area (Å²) < 4.78 is 11.0. The van der Waals surface area contributed by atoms with Gasteiger partial charge in [-0.3, -0.25) is 9.59 Å². The Hall–Kier alpha value is -3.80. The number of benzene rings is 3. The second-order valence-electron chi connectivity index (χ2n) is 6.81. The van der Waals surface area contributed by atoms with Crippen LogP contribution in [0.5, 0.6) is 11.5 Å². The molecule has 0 aliphatic carbocycles. The third-order valence-electron chi connectivity index (χ3n) is 4.47. The summed E-state index contributed by atoms with van der Waals surface area (Å²) >= 11 is 0. The maximum absolute atomic E-state index is 12.3. The van der Waals surface area contributed by atoms with Crippen LogP contribution in [0.15, 0.2) is 72.8 Å². The smallest absolute Gasteiger partial charge is 0.262 e. The molecule has 0 unspecified atom stereocenters. The molecular formula is C24H24N2O4. The van der Waals surface area contributed by atoms with Crippen LogP contribution in [0.25, 0.3) is 0 Å². The molecule has 154 valence electrons. The second-order valence-corrected chi connectivity index (χ2v) is 6.81. The van der Waals surface area contributed by atoms with Crippen LogP contribution in [-0.2, 0) is 22.4 Å². The van der Waals surface area contributed by atoms with Gasteiger partial charge in [-0.25, -0.2) is 0 Å². The summed E-state index contributed by atoms with van der Waals surface area (Å²) in [5, 5.41) is 2.85. The number of anilines is 1. The first-order chi connectivity index (χ1) is 14.5. The van der Waals surface area contributed by atoms with E-state index >= 15 is 0 Å². The van der Waals surface area contributed by atoms with Crippen LogP contribution in [0.4, 0.5) is 5.69 Å². The van der Waals surface area contributed by atoms with Crippen molar-refractivity contribution in [2.24, 2.45) is 5.73 Å². The lowest BCUT2D eigenvalue weighted by molar-refractivity contribution is -0.118. The Balaban J connectivity index is 1.59. The molecule has 0 fully saturated rings. The summed E-state index contributed by atoms with van der Waals surface area (Å²) in [5.41, 5.74) is 8.78. The van der Waals surface area contributed by atoms with Crippen molar-refractivity contribution in [1.82, 2.24) is 0 Å². The zero-order valence-corrected chi connectivity index (χ0v) is 16.8. The van der Waals surface area contributed by atoms with Gasteiger partial charge in [0.25, 0.3) is 5.91 Å². The van der Waals surface area contributed by atoms with Crippen molar-refractivity contribution in [3.8, 4) is 11.5 Å². The Morgan fingerprint density at radius 2 is 1.67 bits per heavy atom. The van der Waals surface area contributed by atoms with Crippen LogP contribution in [0.2, 0.25) is 0 Å². The van der Waals surface area contributed by atoms with Crippen molar-refractivity contribution >= 4 is 17.5 Å². The molecule has 0 atom stereocenters. The van der Waals surface area contributed by atoms with Crippen LogP contribution >= 0.6 is 0 Å². The minimum absolute atomic E-state index is 0.130. The number of hydrogen-bond donors (Lipinski definition) is 2. The van der Waals surface area contributed by atoms with E-state index in [2.05, 4.69) is 5.32 Å². The first-order valence-corrected chi connectivity index (χ1v) is 9.54. The van der Waals surface area contributed by atoms with E-state index in [-0.39, 0.29) is 18.9 Å². The lowest BCUT2D eigenvalue weighted by atomic mass is 10.0. The maximum atomic E-state index is 12.3. The zero-order valence-electron chi connectivity index (χ0n) is 16.8. The fourth-order valence-electron chi connectivity index (χ4n) is 3.06. The number of nitrogens with one attached hydrogen (secondary N) is 1. The average molecular weight is 404 g/mol. The molecule has 0 saturated carbocycles. The van der Waals surface area contributed by atoms with Crippen molar-refractivity contribution in [3.63, 3.8) is 0 Å². The Labute approximate surface area is 175 Å². The second kappa shape index (κ2) is 10.1. The Morgan fingerprint density at radius 3 is 2.33 bits per heavy atom. The highest BCUT2D eigenvalue weighted by molar-refractivity contribution is 5.92. The molecule has 0 saturated heterocycles. The lowest BCUT2D eigenvalue weighted by Gasteiger charge is -2.12. The molecule has 0 aromatic heterocycles. The standard InChI is InChI=1S/C24H24N2O4/c1-29-22-12-9-20(15-19(22)13-17-5-3-2-4-6-17)26-24(28)16-30-21-10-7-18(8-11-21)14-23(25)27/h2-12,15H,13-14,16H2,1H3,(H2,25,27)(H,26,28). The fraction of sp³-hybridized carbons (Fsp3) is 0.167. The van der Waals surface area contributed by atoms with Crippen molar-refractivity contribution in [1.29, 1.82) is 0 Å². The molecule has 0 heterocycles. The summed E-state index contributed by atoms with van der Waals surface area (Å²) in [6.45, 7) is -0.130. The highest BCUT2D eigenvalue weighted by atomic mass is 16.5. The van der Waals surface area contributed by atoms with Gasteiger partial charge in [0.2, 0.25) is 5.91 Å². The number of primary amides is 1. The van der Waals surface area contributed by atoms with Crippen molar-refractivity contribution < 1.29 is 19.1 Å². The number of ether oxygens (including phenoxy) is 2. The Morgan fingerprint density at radius 1 is 0.933 bits per heavy atom. The molecule has 2 amide bonds. The van der Waals surface area contributed by atoms with Crippen LogP contribution in [0.1, 0.15) is 16.7 Å². The molecule has 3 aromatic rings. The third-order valence-corrected chi connectivity index (χ3v) is 4.47. The van der Waals surface area contributed by atoms with Crippen molar-refractivity contribution in [3.05, 3.63) is 89.5 Å².